The third-order valence-electron chi connectivity index (χ3n) is 0.940. The van der Waals surface area contributed by atoms with Gasteiger partial charge < -0.3 is 0 Å². The molecule has 0 atom stereocenters. The van der Waals surface area contributed by atoms with Crippen LogP contribution in [0, 0.1) is 55.8 Å². The standard InChI is InChI=1S/C7H8.Xe/c1-7-5-3-2-4-6-7;/h2-6H,1H3;. The molecule has 1 heteroatoms. The van der Waals surface area contributed by atoms with E-state index in [9.17, 15) is 0 Å². The number of aryl methyl sites for hydroxylation is 1. The van der Waals surface area contributed by atoms with Gasteiger partial charge in [-0.2, -0.15) is 0 Å². The molecule has 0 nitrogen and oxygen atoms in total. The molecule has 0 radical (unpaired) electrons. The van der Waals surface area contributed by atoms with Gasteiger partial charge in [0.2, 0.25) is 0 Å². The maximum Gasteiger partial charge on any atom is 0 e. The van der Waals surface area contributed by atoms with Gasteiger partial charge in [0.15, 0.2) is 0 Å². The third-order valence-corrected chi connectivity index (χ3v) is 0.940. The average Bonchev–Trinajstić information content (AvgIpc) is 1.69. The Bertz CT molecular complexity index is 134. The predicted molar refractivity (Wildman–Crippen MR) is 31.2 cm³/mol. The summed E-state index contributed by atoms with van der Waals surface area (Å²) < 4.78 is 0. The van der Waals surface area contributed by atoms with Crippen molar-refractivity contribution in [1.29, 1.82) is 0 Å². The van der Waals surface area contributed by atoms with E-state index in [1.165, 1.54) is 5.56 Å². The summed E-state index contributed by atoms with van der Waals surface area (Å²) in [7, 11) is 0. The van der Waals surface area contributed by atoms with E-state index in [0.29, 0.717) is 0 Å². The molecule has 44 valence electrons. The van der Waals surface area contributed by atoms with Crippen molar-refractivity contribution in [2.45, 2.75) is 6.92 Å². The molecule has 0 N–H and O–H groups in total. The maximum atomic E-state index is 2.08. The van der Waals surface area contributed by atoms with Crippen molar-refractivity contribution in [2.75, 3.05) is 0 Å². The summed E-state index contributed by atoms with van der Waals surface area (Å²) in [4.78, 5) is 0. The van der Waals surface area contributed by atoms with Crippen molar-refractivity contribution in [1.82, 2.24) is 0 Å². The first-order valence-corrected chi connectivity index (χ1v) is 2.41. The van der Waals surface area contributed by atoms with Crippen molar-refractivity contribution in [3.8, 4) is 0 Å². The molecule has 0 amide bonds. The van der Waals surface area contributed by atoms with Gasteiger partial charge in [0.1, 0.15) is 0 Å². The summed E-state index contributed by atoms with van der Waals surface area (Å²) in [5.74, 6) is 0. The second-order valence-corrected chi connectivity index (χ2v) is 1.65. The monoisotopic (exact) mass is 224 g/mol. The summed E-state index contributed by atoms with van der Waals surface area (Å²) in [6.45, 7) is 2.08. The molecule has 1 aromatic carbocycles. The second-order valence-electron chi connectivity index (χ2n) is 1.65. The van der Waals surface area contributed by atoms with Gasteiger partial charge in [0.25, 0.3) is 0 Å². The second kappa shape index (κ2) is 4.65. The van der Waals surface area contributed by atoms with Crippen LogP contribution < -0.4 is 0 Å². The normalized spacial score (nSPS) is 7.62. The van der Waals surface area contributed by atoms with Crippen LogP contribution in [-0.2, 0) is 0 Å². The first-order valence-electron chi connectivity index (χ1n) is 2.41. The molecule has 0 aliphatic rings. The van der Waals surface area contributed by atoms with Gasteiger partial charge in [-0.3, -0.25) is 0 Å². The summed E-state index contributed by atoms with van der Waals surface area (Å²) >= 11 is 0. The van der Waals surface area contributed by atoms with Gasteiger partial charge in [0, 0.05) is 48.9 Å². The first kappa shape index (κ1) is 8.79. The molecule has 0 saturated heterocycles. The maximum absolute atomic E-state index is 2.08. The minimum absolute atomic E-state index is 0. The van der Waals surface area contributed by atoms with Gasteiger partial charge in [-0.25, -0.2) is 0 Å². The van der Waals surface area contributed by atoms with Crippen LogP contribution >= 0.6 is 0 Å². The van der Waals surface area contributed by atoms with Crippen LogP contribution in [0.15, 0.2) is 30.3 Å². The van der Waals surface area contributed by atoms with Crippen LogP contribution in [0.4, 0.5) is 0 Å². The van der Waals surface area contributed by atoms with E-state index in [1.807, 2.05) is 18.2 Å². The smallest absolute Gasteiger partial charge is 0 e. The van der Waals surface area contributed by atoms with Crippen LogP contribution in [0.3, 0.4) is 0 Å². The van der Waals surface area contributed by atoms with Crippen LogP contribution in [0.2, 0.25) is 0 Å². The van der Waals surface area contributed by atoms with E-state index < -0.39 is 0 Å². The number of rotatable bonds is 0. The van der Waals surface area contributed by atoms with Crippen molar-refractivity contribution < 1.29 is 48.9 Å². The zero-order valence-corrected chi connectivity index (χ0v) is 6.76. The first-order chi connectivity index (χ1) is 3.39. The van der Waals surface area contributed by atoms with Crippen LogP contribution in [0.1, 0.15) is 5.56 Å². The third kappa shape index (κ3) is 2.95. The quantitative estimate of drug-likeness (QED) is 0.631. The van der Waals surface area contributed by atoms with E-state index in [4.69, 9.17) is 0 Å². The van der Waals surface area contributed by atoms with E-state index in [0.717, 1.165) is 0 Å². The average molecular weight is 223 g/mol. The topological polar surface area (TPSA) is 0 Å². The van der Waals surface area contributed by atoms with Gasteiger partial charge in [-0.15, -0.1) is 0 Å². The largest absolute Gasteiger partial charge is 0.0622 e. The van der Waals surface area contributed by atoms with E-state index >= 15 is 0 Å². The number of benzene rings is 1. The Balaban J connectivity index is 0.000000490. The van der Waals surface area contributed by atoms with Crippen LogP contribution in [0.25, 0.3) is 0 Å². The van der Waals surface area contributed by atoms with Gasteiger partial charge in [0.05, 0.1) is 0 Å². The zero-order valence-electron chi connectivity index (χ0n) is 4.74. The molecule has 0 fully saturated rings. The summed E-state index contributed by atoms with van der Waals surface area (Å²) in [5.41, 5.74) is 1.32. The predicted octanol–water partition coefficient (Wildman–Crippen LogP) is 2.00. The molecular weight excluding hydrogens is 215 g/mol. The van der Waals surface area contributed by atoms with E-state index in [2.05, 4.69) is 19.1 Å². The van der Waals surface area contributed by atoms with Gasteiger partial charge >= 0.3 is 0 Å². The number of hydrogen-bond acceptors (Lipinski definition) is 0. The Morgan fingerprint density at radius 1 is 1.00 bits per heavy atom. The zero-order chi connectivity index (χ0) is 5.11. The molecule has 0 aliphatic heterocycles. The molecule has 1 aromatic rings. The Kier molecular flexibility index (Phi) is 5.11. The van der Waals surface area contributed by atoms with E-state index in [-0.39, 0.29) is 48.9 Å². The minimum atomic E-state index is 0. The summed E-state index contributed by atoms with van der Waals surface area (Å²) in [5, 5.41) is 0. The SMILES string of the molecule is Cc1ccccc1.[Xe]. The van der Waals surface area contributed by atoms with Crippen LogP contribution in [-0.4, -0.2) is 0 Å². The molecule has 8 heavy (non-hydrogen) atoms. The fourth-order valence-electron chi connectivity index (χ4n) is 0.534. The molecule has 1 rings (SSSR count). The molecule has 0 unspecified atom stereocenters. The Morgan fingerprint density at radius 2 is 1.50 bits per heavy atom. The molecule has 0 bridgehead atoms. The molecule has 0 heterocycles. The molecular formula is C7H8Xe. The van der Waals surface area contributed by atoms with Crippen molar-refractivity contribution in [3.63, 3.8) is 0 Å². The fraction of sp³-hybridized carbons (Fsp3) is 0.143. The minimum Gasteiger partial charge on any atom is -0.0622 e. The van der Waals surface area contributed by atoms with Gasteiger partial charge in [-0.05, 0) is 6.92 Å². The molecule has 0 spiro atoms. The summed E-state index contributed by atoms with van der Waals surface area (Å²) in [6, 6.07) is 10.3. The molecule has 0 aromatic heterocycles. The van der Waals surface area contributed by atoms with Crippen LogP contribution in [0.5, 0.6) is 0 Å². The van der Waals surface area contributed by atoms with Crippen molar-refractivity contribution >= 4 is 0 Å². The van der Waals surface area contributed by atoms with Crippen molar-refractivity contribution in [2.24, 2.45) is 0 Å². The van der Waals surface area contributed by atoms with Gasteiger partial charge in [-0.1, -0.05) is 35.9 Å². The molecule has 0 saturated carbocycles. The number of hydrogen-bond donors (Lipinski definition) is 0. The Hall–Kier alpha value is 0.791. The molecule has 0 aliphatic carbocycles. The Morgan fingerprint density at radius 3 is 1.75 bits per heavy atom. The Labute approximate surface area is 90.4 Å². The van der Waals surface area contributed by atoms with E-state index in [1.54, 1.807) is 0 Å². The fourth-order valence-corrected chi connectivity index (χ4v) is 0.534. The van der Waals surface area contributed by atoms with Crippen molar-refractivity contribution in [3.05, 3.63) is 35.9 Å². The summed E-state index contributed by atoms with van der Waals surface area (Å²) in [6.07, 6.45) is 0.